The molecule has 3 heterocycles. The summed E-state index contributed by atoms with van der Waals surface area (Å²) in [5.41, 5.74) is 1.17. The second-order valence-electron chi connectivity index (χ2n) is 7.47. The van der Waals surface area contributed by atoms with E-state index in [4.69, 9.17) is 0 Å². The van der Waals surface area contributed by atoms with E-state index in [0.717, 1.165) is 11.3 Å². The van der Waals surface area contributed by atoms with Crippen molar-refractivity contribution >= 4 is 5.69 Å². The number of rotatable bonds is 3. The van der Waals surface area contributed by atoms with Gasteiger partial charge in [0.05, 0.1) is 11.6 Å². The summed E-state index contributed by atoms with van der Waals surface area (Å²) in [5, 5.41) is 4.19. The summed E-state index contributed by atoms with van der Waals surface area (Å²) in [6.07, 6.45) is 4.27. The van der Waals surface area contributed by atoms with Crippen LogP contribution in [0.1, 0.15) is 18.4 Å². The third kappa shape index (κ3) is 3.03. The fourth-order valence-corrected chi connectivity index (χ4v) is 4.29. The van der Waals surface area contributed by atoms with Gasteiger partial charge in [-0.15, -0.1) is 0 Å². The summed E-state index contributed by atoms with van der Waals surface area (Å²) in [5.74, 6) is -2.61. The summed E-state index contributed by atoms with van der Waals surface area (Å²) in [4.78, 5) is 4.28. The molecule has 2 aromatic rings. The third-order valence-electron chi connectivity index (χ3n) is 5.68. The van der Waals surface area contributed by atoms with Crippen molar-refractivity contribution in [1.82, 2.24) is 14.7 Å². The van der Waals surface area contributed by atoms with Crippen LogP contribution in [0.5, 0.6) is 0 Å². The first kappa shape index (κ1) is 16.5. The fraction of sp³-hybridized carbons (Fsp3) is 0.526. The summed E-state index contributed by atoms with van der Waals surface area (Å²) < 4.78 is 31.6. The molecule has 0 aliphatic carbocycles. The van der Waals surface area contributed by atoms with E-state index in [0.29, 0.717) is 39.1 Å². The van der Waals surface area contributed by atoms with Crippen LogP contribution in [0.2, 0.25) is 0 Å². The highest BCUT2D eigenvalue weighted by Crippen LogP contribution is 2.50. The summed E-state index contributed by atoms with van der Waals surface area (Å²) in [7, 11) is 1.88. The molecule has 0 N–H and O–H groups in total. The molecular weight excluding hydrogens is 322 g/mol. The maximum Gasteiger partial charge on any atom is 0.257 e. The lowest BCUT2D eigenvalue weighted by molar-refractivity contribution is -0.158. The van der Waals surface area contributed by atoms with E-state index in [-0.39, 0.29) is 6.42 Å². The van der Waals surface area contributed by atoms with E-state index < -0.39 is 11.3 Å². The quantitative estimate of drug-likeness (QED) is 0.853. The van der Waals surface area contributed by atoms with Gasteiger partial charge in [0.1, 0.15) is 0 Å². The van der Waals surface area contributed by atoms with Crippen molar-refractivity contribution in [2.24, 2.45) is 12.5 Å². The van der Waals surface area contributed by atoms with Crippen LogP contribution in [0, 0.1) is 5.41 Å². The number of para-hydroxylation sites is 1. The first-order valence-corrected chi connectivity index (χ1v) is 8.85. The SMILES string of the molecule is Cn1cc(CN2CCC(F)(F)[C@]3(CCN(c4ccccc4)C3)C2)cn1. The molecule has 2 saturated heterocycles. The average molecular weight is 346 g/mol. The zero-order chi connectivity index (χ0) is 17.5. The first-order valence-electron chi connectivity index (χ1n) is 8.85. The van der Waals surface area contributed by atoms with Crippen molar-refractivity contribution < 1.29 is 8.78 Å². The Balaban J connectivity index is 1.52. The van der Waals surface area contributed by atoms with Crippen molar-refractivity contribution in [1.29, 1.82) is 0 Å². The Labute approximate surface area is 147 Å². The minimum atomic E-state index is -2.61. The molecule has 1 spiro atoms. The number of aromatic nitrogens is 2. The Hall–Kier alpha value is -1.95. The van der Waals surface area contributed by atoms with Crippen molar-refractivity contribution in [2.75, 3.05) is 31.1 Å². The topological polar surface area (TPSA) is 24.3 Å². The van der Waals surface area contributed by atoms with Crippen LogP contribution < -0.4 is 4.90 Å². The fourth-order valence-electron chi connectivity index (χ4n) is 4.29. The number of piperidine rings is 1. The predicted octanol–water partition coefficient (Wildman–Crippen LogP) is 3.16. The number of likely N-dealkylation sites (tertiary alicyclic amines) is 1. The number of hydrogen-bond acceptors (Lipinski definition) is 3. The highest BCUT2D eigenvalue weighted by Gasteiger charge is 2.59. The molecule has 1 aromatic carbocycles. The summed E-state index contributed by atoms with van der Waals surface area (Å²) >= 11 is 0. The Bertz CT molecular complexity index is 730. The standard InChI is InChI=1S/C19H24F2N4/c1-23-12-16(11-22-23)13-24-9-8-19(20,21)18(14-24)7-10-25(15-18)17-5-3-2-4-6-17/h2-6,11-12H,7-10,13-15H2,1H3/t18-/m1/s1. The Morgan fingerprint density at radius 2 is 1.88 bits per heavy atom. The van der Waals surface area contributed by atoms with Gasteiger partial charge in [0, 0.05) is 63.6 Å². The number of anilines is 1. The zero-order valence-corrected chi connectivity index (χ0v) is 14.5. The number of halogens is 2. The lowest BCUT2D eigenvalue weighted by Crippen LogP contribution is -2.56. The van der Waals surface area contributed by atoms with Gasteiger partial charge < -0.3 is 4.90 Å². The highest BCUT2D eigenvalue weighted by atomic mass is 19.3. The molecule has 134 valence electrons. The number of benzene rings is 1. The third-order valence-corrected chi connectivity index (χ3v) is 5.68. The molecule has 2 aliphatic heterocycles. The van der Waals surface area contributed by atoms with Gasteiger partial charge >= 0.3 is 0 Å². The van der Waals surface area contributed by atoms with Crippen LogP contribution in [0.15, 0.2) is 42.7 Å². The number of hydrogen-bond donors (Lipinski definition) is 0. The Kier molecular flexibility index (Phi) is 4.02. The van der Waals surface area contributed by atoms with Crippen molar-refractivity contribution in [3.8, 4) is 0 Å². The van der Waals surface area contributed by atoms with Gasteiger partial charge in [-0.25, -0.2) is 8.78 Å². The second-order valence-corrected chi connectivity index (χ2v) is 7.47. The van der Waals surface area contributed by atoms with Gasteiger partial charge in [-0.3, -0.25) is 9.58 Å². The first-order chi connectivity index (χ1) is 12.0. The van der Waals surface area contributed by atoms with Gasteiger partial charge in [0.15, 0.2) is 0 Å². The Morgan fingerprint density at radius 1 is 1.08 bits per heavy atom. The second kappa shape index (κ2) is 6.09. The Morgan fingerprint density at radius 3 is 2.60 bits per heavy atom. The molecule has 2 aliphatic rings. The molecule has 0 saturated carbocycles. The summed E-state index contributed by atoms with van der Waals surface area (Å²) in [6.45, 7) is 2.69. The van der Waals surface area contributed by atoms with E-state index in [1.807, 2.05) is 49.8 Å². The maximum atomic E-state index is 14.9. The van der Waals surface area contributed by atoms with Crippen molar-refractivity contribution in [3.05, 3.63) is 48.3 Å². The van der Waals surface area contributed by atoms with Gasteiger partial charge in [0.25, 0.3) is 5.92 Å². The maximum absolute atomic E-state index is 14.9. The van der Waals surface area contributed by atoms with Gasteiger partial charge in [0.2, 0.25) is 0 Å². The molecule has 2 fully saturated rings. The minimum Gasteiger partial charge on any atom is -0.371 e. The number of alkyl halides is 2. The van der Waals surface area contributed by atoms with Crippen LogP contribution in [0.25, 0.3) is 0 Å². The molecule has 0 amide bonds. The van der Waals surface area contributed by atoms with Crippen LogP contribution in [-0.2, 0) is 13.6 Å². The van der Waals surface area contributed by atoms with Crippen LogP contribution in [0.4, 0.5) is 14.5 Å². The average Bonchev–Trinajstić information content (AvgIpc) is 3.20. The smallest absolute Gasteiger partial charge is 0.257 e. The monoisotopic (exact) mass is 346 g/mol. The molecular formula is C19H24F2N4. The lowest BCUT2D eigenvalue weighted by atomic mass is 9.75. The lowest BCUT2D eigenvalue weighted by Gasteiger charge is -2.46. The van der Waals surface area contributed by atoms with Gasteiger partial charge in [-0.2, -0.15) is 5.10 Å². The molecule has 4 rings (SSSR count). The molecule has 0 unspecified atom stereocenters. The van der Waals surface area contributed by atoms with Gasteiger partial charge in [-0.05, 0) is 18.6 Å². The molecule has 25 heavy (non-hydrogen) atoms. The van der Waals surface area contributed by atoms with Crippen LogP contribution >= 0.6 is 0 Å². The summed E-state index contributed by atoms with van der Waals surface area (Å²) in [6, 6.07) is 9.91. The molecule has 6 heteroatoms. The number of aryl methyl sites for hydroxylation is 1. The normalized spacial score (nSPS) is 26.4. The highest BCUT2D eigenvalue weighted by molar-refractivity contribution is 5.47. The van der Waals surface area contributed by atoms with E-state index in [9.17, 15) is 8.78 Å². The minimum absolute atomic E-state index is 0.0596. The largest absolute Gasteiger partial charge is 0.371 e. The molecule has 4 nitrogen and oxygen atoms in total. The van der Waals surface area contributed by atoms with Crippen LogP contribution in [0.3, 0.4) is 0 Å². The molecule has 0 bridgehead atoms. The van der Waals surface area contributed by atoms with Crippen molar-refractivity contribution in [3.63, 3.8) is 0 Å². The van der Waals surface area contributed by atoms with Crippen LogP contribution in [-0.4, -0.2) is 46.8 Å². The van der Waals surface area contributed by atoms with Crippen molar-refractivity contribution in [2.45, 2.75) is 25.3 Å². The zero-order valence-electron chi connectivity index (χ0n) is 14.5. The van der Waals surface area contributed by atoms with E-state index in [1.165, 1.54) is 0 Å². The predicted molar refractivity (Wildman–Crippen MR) is 93.8 cm³/mol. The number of nitrogens with zero attached hydrogens (tertiary/aromatic N) is 4. The molecule has 1 atom stereocenters. The molecule has 1 aromatic heterocycles. The molecule has 0 radical (unpaired) electrons. The van der Waals surface area contributed by atoms with E-state index in [1.54, 1.807) is 4.68 Å². The van der Waals surface area contributed by atoms with Gasteiger partial charge in [-0.1, -0.05) is 18.2 Å². The van der Waals surface area contributed by atoms with E-state index >= 15 is 0 Å². The van der Waals surface area contributed by atoms with E-state index in [2.05, 4.69) is 14.9 Å².